The van der Waals surface area contributed by atoms with E-state index in [4.69, 9.17) is 9.47 Å². The van der Waals surface area contributed by atoms with Crippen molar-refractivity contribution in [1.29, 1.82) is 0 Å². The fourth-order valence-corrected chi connectivity index (χ4v) is 2.32. The monoisotopic (exact) mass is 287 g/mol. The summed E-state index contributed by atoms with van der Waals surface area (Å²) in [6, 6.07) is 0. The Hall–Kier alpha value is -0.120. The zero-order valence-corrected chi connectivity index (χ0v) is 14.7. The molecule has 0 radical (unpaired) electrons. The summed E-state index contributed by atoms with van der Waals surface area (Å²) in [5.41, 5.74) is 0.555. The molecule has 0 saturated carbocycles. The molecule has 0 aromatic heterocycles. The van der Waals surface area contributed by atoms with E-state index in [0.29, 0.717) is 18.6 Å². The molecule has 0 aromatic rings. The molecule has 1 atom stereocenters. The molecule has 0 spiro atoms. The predicted molar refractivity (Wildman–Crippen MR) is 87.3 cm³/mol. The minimum atomic E-state index is 0.184. The molecule has 0 bridgehead atoms. The zero-order valence-electron chi connectivity index (χ0n) is 14.7. The second kappa shape index (κ2) is 10.6. The van der Waals surface area contributed by atoms with Crippen molar-refractivity contribution in [2.24, 2.45) is 5.41 Å². The van der Waals surface area contributed by atoms with Crippen molar-refractivity contribution in [3.8, 4) is 0 Å². The van der Waals surface area contributed by atoms with Gasteiger partial charge in [-0.3, -0.25) is 0 Å². The van der Waals surface area contributed by atoms with E-state index in [1.165, 1.54) is 25.7 Å². The fourth-order valence-electron chi connectivity index (χ4n) is 2.32. The summed E-state index contributed by atoms with van der Waals surface area (Å²) in [7, 11) is 1.72. The Morgan fingerprint density at radius 2 is 1.65 bits per heavy atom. The standard InChI is InChI=1S/C17H37NO2/c1-7-9-10-17(8-2,15-18-16(3,4)5)11-12-20-14-13-19-6/h18H,7-15H2,1-6H3. The minimum Gasteiger partial charge on any atom is -0.382 e. The van der Waals surface area contributed by atoms with Gasteiger partial charge < -0.3 is 14.8 Å². The van der Waals surface area contributed by atoms with Crippen LogP contribution in [0, 0.1) is 5.41 Å². The van der Waals surface area contributed by atoms with Gasteiger partial charge in [0.05, 0.1) is 13.2 Å². The highest BCUT2D eigenvalue weighted by molar-refractivity contribution is 4.84. The molecule has 3 nitrogen and oxygen atoms in total. The van der Waals surface area contributed by atoms with Crippen LogP contribution in [0.3, 0.4) is 0 Å². The first kappa shape index (κ1) is 19.9. The Balaban J connectivity index is 4.34. The average molecular weight is 287 g/mol. The molecule has 0 aliphatic rings. The van der Waals surface area contributed by atoms with Crippen LogP contribution in [-0.2, 0) is 9.47 Å². The molecule has 0 aromatic carbocycles. The van der Waals surface area contributed by atoms with Gasteiger partial charge in [-0.1, -0.05) is 26.7 Å². The van der Waals surface area contributed by atoms with Gasteiger partial charge >= 0.3 is 0 Å². The SMILES string of the molecule is CCCCC(CC)(CCOCCOC)CNC(C)(C)C. The van der Waals surface area contributed by atoms with Crippen LogP contribution in [0.2, 0.25) is 0 Å². The van der Waals surface area contributed by atoms with Gasteiger partial charge in [-0.25, -0.2) is 0 Å². The molecule has 20 heavy (non-hydrogen) atoms. The van der Waals surface area contributed by atoms with Crippen molar-refractivity contribution < 1.29 is 9.47 Å². The van der Waals surface area contributed by atoms with Crippen molar-refractivity contribution in [2.45, 2.75) is 72.3 Å². The van der Waals surface area contributed by atoms with Gasteiger partial charge in [0.2, 0.25) is 0 Å². The van der Waals surface area contributed by atoms with E-state index in [1.54, 1.807) is 7.11 Å². The van der Waals surface area contributed by atoms with E-state index in [9.17, 15) is 0 Å². The van der Waals surface area contributed by atoms with E-state index < -0.39 is 0 Å². The summed E-state index contributed by atoms with van der Waals surface area (Å²) in [5.74, 6) is 0. The molecule has 0 rings (SSSR count). The van der Waals surface area contributed by atoms with Crippen molar-refractivity contribution >= 4 is 0 Å². The van der Waals surface area contributed by atoms with Crippen LogP contribution in [0.1, 0.15) is 66.7 Å². The molecule has 0 aliphatic heterocycles. The fraction of sp³-hybridized carbons (Fsp3) is 1.00. The Labute approximate surface area is 126 Å². The number of methoxy groups -OCH3 is 1. The average Bonchev–Trinajstić information content (AvgIpc) is 2.40. The van der Waals surface area contributed by atoms with Gasteiger partial charge in [-0.05, 0) is 45.4 Å². The molecular weight excluding hydrogens is 250 g/mol. The minimum absolute atomic E-state index is 0.184. The van der Waals surface area contributed by atoms with Crippen LogP contribution in [0.4, 0.5) is 0 Å². The molecule has 0 saturated heterocycles. The van der Waals surface area contributed by atoms with Crippen LogP contribution >= 0.6 is 0 Å². The van der Waals surface area contributed by atoms with E-state index in [2.05, 4.69) is 39.9 Å². The lowest BCUT2D eigenvalue weighted by molar-refractivity contribution is 0.0457. The normalized spacial score (nSPS) is 15.3. The Bertz CT molecular complexity index is 226. The number of unbranched alkanes of at least 4 members (excludes halogenated alkanes) is 1. The molecule has 122 valence electrons. The van der Waals surface area contributed by atoms with Gasteiger partial charge in [-0.15, -0.1) is 0 Å². The molecule has 0 heterocycles. The van der Waals surface area contributed by atoms with E-state index >= 15 is 0 Å². The molecule has 1 unspecified atom stereocenters. The van der Waals surface area contributed by atoms with Crippen molar-refractivity contribution in [2.75, 3.05) is 33.5 Å². The van der Waals surface area contributed by atoms with Crippen LogP contribution in [0.5, 0.6) is 0 Å². The van der Waals surface area contributed by atoms with Crippen molar-refractivity contribution in [3.63, 3.8) is 0 Å². The van der Waals surface area contributed by atoms with Crippen LogP contribution in [0.25, 0.3) is 0 Å². The molecule has 0 amide bonds. The summed E-state index contributed by atoms with van der Waals surface area (Å²) in [6.07, 6.45) is 6.20. The zero-order chi connectivity index (χ0) is 15.5. The van der Waals surface area contributed by atoms with Gasteiger partial charge in [-0.2, -0.15) is 0 Å². The van der Waals surface area contributed by atoms with Gasteiger partial charge in [0, 0.05) is 25.8 Å². The van der Waals surface area contributed by atoms with Crippen molar-refractivity contribution in [1.82, 2.24) is 5.32 Å². The second-order valence-electron chi connectivity index (χ2n) is 6.92. The van der Waals surface area contributed by atoms with Crippen LogP contribution < -0.4 is 5.32 Å². The maximum atomic E-state index is 5.69. The number of hydrogen-bond donors (Lipinski definition) is 1. The molecule has 1 N–H and O–H groups in total. The van der Waals surface area contributed by atoms with Crippen molar-refractivity contribution in [3.05, 3.63) is 0 Å². The number of rotatable bonds is 12. The number of nitrogens with one attached hydrogen (secondary N) is 1. The molecule has 0 aliphatic carbocycles. The summed E-state index contributed by atoms with van der Waals surface area (Å²) in [4.78, 5) is 0. The number of ether oxygens (including phenoxy) is 2. The maximum Gasteiger partial charge on any atom is 0.0700 e. The van der Waals surface area contributed by atoms with Gasteiger partial charge in [0.25, 0.3) is 0 Å². The molecular formula is C17H37NO2. The third-order valence-corrected chi connectivity index (χ3v) is 4.01. The smallest absolute Gasteiger partial charge is 0.0700 e. The van der Waals surface area contributed by atoms with Crippen LogP contribution in [-0.4, -0.2) is 39.0 Å². The number of hydrogen-bond acceptors (Lipinski definition) is 3. The largest absolute Gasteiger partial charge is 0.382 e. The van der Waals surface area contributed by atoms with Crippen LogP contribution in [0.15, 0.2) is 0 Å². The quantitative estimate of drug-likeness (QED) is 0.550. The Morgan fingerprint density at radius 3 is 2.15 bits per heavy atom. The Morgan fingerprint density at radius 1 is 0.950 bits per heavy atom. The summed E-state index contributed by atoms with van der Waals surface area (Å²) in [6.45, 7) is 14.6. The third kappa shape index (κ3) is 9.73. The highest BCUT2D eigenvalue weighted by Crippen LogP contribution is 2.32. The maximum absolute atomic E-state index is 5.69. The lowest BCUT2D eigenvalue weighted by atomic mass is 9.77. The first-order valence-electron chi connectivity index (χ1n) is 8.21. The van der Waals surface area contributed by atoms with E-state index in [1.807, 2.05) is 0 Å². The summed E-state index contributed by atoms with van der Waals surface area (Å²) in [5, 5.41) is 3.69. The summed E-state index contributed by atoms with van der Waals surface area (Å²) >= 11 is 0. The lowest BCUT2D eigenvalue weighted by Gasteiger charge is -2.36. The Kier molecular flexibility index (Phi) is 10.5. The van der Waals surface area contributed by atoms with Gasteiger partial charge in [0.1, 0.15) is 0 Å². The topological polar surface area (TPSA) is 30.5 Å². The summed E-state index contributed by atoms with van der Waals surface area (Å²) < 4.78 is 10.7. The van der Waals surface area contributed by atoms with Gasteiger partial charge in [0.15, 0.2) is 0 Å². The second-order valence-corrected chi connectivity index (χ2v) is 6.92. The first-order valence-corrected chi connectivity index (χ1v) is 8.21. The molecule has 3 heteroatoms. The van der Waals surface area contributed by atoms with E-state index in [-0.39, 0.29) is 5.54 Å². The highest BCUT2D eigenvalue weighted by Gasteiger charge is 2.28. The molecule has 0 fully saturated rings. The lowest BCUT2D eigenvalue weighted by Crippen LogP contribution is -2.44. The third-order valence-electron chi connectivity index (χ3n) is 4.01. The van der Waals surface area contributed by atoms with E-state index in [0.717, 1.165) is 19.6 Å². The highest BCUT2D eigenvalue weighted by atomic mass is 16.5. The predicted octanol–water partition coefficient (Wildman–Crippen LogP) is 4.01. The first-order chi connectivity index (χ1) is 9.39.